The maximum atomic E-state index is 12.7. The summed E-state index contributed by atoms with van der Waals surface area (Å²) in [5, 5.41) is 9.57. The second kappa shape index (κ2) is 8.01. The Kier molecular flexibility index (Phi) is 5.93. The van der Waals surface area contributed by atoms with Crippen molar-refractivity contribution in [3.8, 4) is 0 Å². The molecule has 3 rings (SSSR count). The Labute approximate surface area is 163 Å². The minimum atomic E-state index is -3.64. The number of sulfonamides is 1. The number of nitrogens with zero attached hydrogens (tertiary/aromatic N) is 1. The third-order valence-corrected chi connectivity index (χ3v) is 7.78. The SMILES string of the molecule is O=C(O)/C(=C\c1cccc(Br)c1)c1ccc(S(=O)(=O)N2CCOCC2)s1. The average Bonchev–Trinajstić information content (AvgIpc) is 3.11. The molecule has 0 atom stereocenters. The summed E-state index contributed by atoms with van der Waals surface area (Å²) in [5.74, 6) is -1.11. The lowest BCUT2D eigenvalue weighted by molar-refractivity contribution is -0.130. The van der Waals surface area contributed by atoms with Crippen molar-refractivity contribution in [1.29, 1.82) is 0 Å². The van der Waals surface area contributed by atoms with Crippen molar-refractivity contribution >= 4 is 54.9 Å². The second-order valence-corrected chi connectivity index (χ2v) is 9.72. The molecule has 0 spiro atoms. The molecule has 1 aromatic carbocycles. The largest absolute Gasteiger partial charge is 0.478 e. The zero-order valence-electron chi connectivity index (χ0n) is 13.6. The van der Waals surface area contributed by atoms with Crippen molar-refractivity contribution in [1.82, 2.24) is 4.31 Å². The molecule has 1 aliphatic rings. The summed E-state index contributed by atoms with van der Waals surface area (Å²) >= 11 is 4.31. The van der Waals surface area contributed by atoms with E-state index in [-0.39, 0.29) is 9.78 Å². The van der Waals surface area contributed by atoms with Gasteiger partial charge in [-0.2, -0.15) is 4.31 Å². The van der Waals surface area contributed by atoms with E-state index in [9.17, 15) is 18.3 Å². The van der Waals surface area contributed by atoms with Gasteiger partial charge in [0.15, 0.2) is 0 Å². The number of ether oxygens (including phenoxy) is 1. The van der Waals surface area contributed by atoms with Crippen molar-refractivity contribution in [2.75, 3.05) is 26.3 Å². The average molecular weight is 458 g/mol. The number of morpholine rings is 1. The van der Waals surface area contributed by atoms with Crippen LogP contribution in [0.1, 0.15) is 10.4 Å². The van der Waals surface area contributed by atoms with Gasteiger partial charge in [-0.05, 0) is 35.9 Å². The van der Waals surface area contributed by atoms with Crippen molar-refractivity contribution in [3.63, 3.8) is 0 Å². The van der Waals surface area contributed by atoms with Crippen LogP contribution in [-0.4, -0.2) is 50.1 Å². The second-order valence-electron chi connectivity index (χ2n) is 5.55. The fourth-order valence-electron chi connectivity index (χ4n) is 2.52. The van der Waals surface area contributed by atoms with Crippen molar-refractivity contribution in [2.45, 2.75) is 4.21 Å². The van der Waals surface area contributed by atoms with Gasteiger partial charge in [-0.3, -0.25) is 0 Å². The molecule has 9 heteroatoms. The summed E-state index contributed by atoms with van der Waals surface area (Å²) in [6.45, 7) is 1.33. The van der Waals surface area contributed by atoms with Gasteiger partial charge >= 0.3 is 5.97 Å². The van der Waals surface area contributed by atoms with Crippen LogP contribution in [0.25, 0.3) is 11.6 Å². The maximum Gasteiger partial charge on any atom is 0.337 e. The molecule has 0 radical (unpaired) electrons. The van der Waals surface area contributed by atoms with Gasteiger partial charge in [-0.1, -0.05) is 28.1 Å². The van der Waals surface area contributed by atoms with Crippen LogP contribution in [0.2, 0.25) is 0 Å². The summed E-state index contributed by atoms with van der Waals surface area (Å²) in [7, 11) is -3.64. The van der Waals surface area contributed by atoms with Gasteiger partial charge in [0.2, 0.25) is 0 Å². The lowest BCUT2D eigenvalue weighted by Gasteiger charge is -2.25. The number of carboxylic acids is 1. The highest BCUT2D eigenvalue weighted by Gasteiger charge is 2.28. The van der Waals surface area contributed by atoms with E-state index in [1.165, 1.54) is 22.5 Å². The predicted molar refractivity (Wildman–Crippen MR) is 104 cm³/mol. The molecule has 0 aliphatic carbocycles. The first-order valence-electron chi connectivity index (χ1n) is 7.76. The Morgan fingerprint density at radius 1 is 1.23 bits per heavy atom. The first-order chi connectivity index (χ1) is 12.4. The number of hydrogen-bond acceptors (Lipinski definition) is 5. The highest BCUT2D eigenvalue weighted by atomic mass is 79.9. The predicted octanol–water partition coefficient (Wildman–Crippen LogP) is 3.16. The number of benzene rings is 1. The van der Waals surface area contributed by atoms with E-state index >= 15 is 0 Å². The Morgan fingerprint density at radius 3 is 2.62 bits per heavy atom. The number of carboxylic acid groups (broad SMARTS) is 1. The quantitative estimate of drug-likeness (QED) is 0.696. The van der Waals surface area contributed by atoms with E-state index in [2.05, 4.69) is 15.9 Å². The minimum absolute atomic E-state index is 0.0523. The fourth-order valence-corrected chi connectivity index (χ4v) is 5.81. The van der Waals surface area contributed by atoms with Gasteiger partial charge in [0.25, 0.3) is 10.0 Å². The minimum Gasteiger partial charge on any atom is -0.478 e. The van der Waals surface area contributed by atoms with Crippen LogP contribution in [0.4, 0.5) is 0 Å². The van der Waals surface area contributed by atoms with E-state index in [1.54, 1.807) is 18.2 Å². The number of aliphatic carboxylic acids is 1. The number of hydrogen-bond donors (Lipinski definition) is 1. The van der Waals surface area contributed by atoms with Gasteiger partial charge < -0.3 is 9.84 Å². The third-order valence-electron chi connectivity index (χ3n) is 3.80. The van der Waals surface area contributed by atoms with Crippen LogP contribution in [0, 0.1) is 0 Å². The van der Waals surface area contributed by atoms with Crippen LogP contribution in [-0.2, 0) is 19.6 Å². The molecular formula is C17H16BrNO5S2. The Hall–Kier alpha value is -1.52. The summed E-state index contributed by atoms with van der Waals surface area (Å²) in [4.78, 5) is 12.1. The number of rotatable bonds is 5. The van der Waals surface area contributed by atoms with Gasteiger partial charge in [0, 0.05) is 22.4 Å². The molecular weight excluding hydrogens is 442 g/mol. The lowest BCUT2D eigenvalue weighted by atomic mass is 10.1. The van der Waals surface area contributed by atoms with Crippen molar-refractivity contribution < 1.29 is 23.1 Å². The van der Waals surface area contributed by atoms with E-state index in [1.807, 2.05) is 6.07 Å². The zero-order chi connectivity index (χ0) is 18.7. The Balaban J connectivity index is 1.94. The first-order valence-corrected chi connectivity index (χ1v) is 10.8. The summed E-state index contributed by atoms with van der Waals surface area (Å²) < 4.78 is 32.9. The molecule has 0 bridgehead atoms. The smallest absolute Gasteiger partial charge is 0.337 e. The molecule has 1 aromatic heterocycles. The van der Waals surface area contributed by atoms with E-state index in [0.29, 0.717) is 36.7 Å². The number of thiophene rings is 1. The van der Waals surface area contributed by atoms with Gasteiger partial charge in [0.1, 0.15) is 4.21 Å². The first kappa shape index (κ1) is 19.2. The van der Waals surface area contributed by atoms with E-state index in [0.717, 1.165) is 15.8 Å². The number of halogens is 1. The van der Waals surface area contributed by atoms with Gasteiger partial charge in [0.05, 0.1) is 18.8 Å². The summed E-state index contributed by atoms with van der Waals surface area (Å²) in [6.07, 6.45) is 1.53. The van der Waals surface area contributed by atoms with Gasteiger partial charge in [-0.15, -0.1) is 11.3 Å². The van der Waals surface area contributed by atoms with Crippen LogP contribution >= 0.6 is 27.3 Å². The Morgan fingerprint density at radius 2 is 1.96 bits per heavy atom. The van der Waals surface area contributed by atoms with Crippen LogP contribution in [0.5, 0.6) is 0 Å². The number of carbonyl (C=O) groups is 1. The zero-order valence-corrected chi connectivity index (χ0v) is 16.8. The summed E-state index contributed by atoms with van der Waals surface area (Å²) in [5.41, 5.74) is 0.763. The molecule has 0 unspecified atom stereocenters. The van der Waals surface area contributed by atoms with Crippen molar-refractivity contribution in [3.05, 3.63) is 51.3 Å². The molecule has 1 fully saturated rings. The van der Waals surface area contributed by atoms with E-state index < -0.39 is 16.0 Å². The Bertz CT molecular complexity index is 946. The molecule has 1 aliphatic heterocycles. The topological polar surface area (TPSA) is 83.9 Å². The molecule has 2 aromatic rings. The highest BCUT2D eigenvalue weighted by molar-refractivity contribution is 9.10. The van der Waals surface area contributed by atoms with Crippen molar-refractivity contribution in [2.24, 2.45) is 0 Å². The molecule has 2 heterocycles. The monoisotopic (exact) mass is 457 g/mol. The molecule has 6 nitrogen and oxygen atoms in total. The van der Waals surface area contributed by atoms with Gasteiger partial charge in [-0.25, -0.2) is 13.2 Å². The fraction of sp³-hybridized carbons (Fsp3) is 0.235. The molecule has 138 valence electrons. The molecule has 0 amide bonds. The van der Waals surface area contributed by atoms with E-state index in [4.69, 9.17) is 4.74 Å². The lowest BCUT2D eigenvalue weighted by Crippen LogP contribution is -2.40. The summed E-state index contributed by atoms with van der Waals surface area (Å²) in [6, 6.07) is 10.2. The molecule has 1 N–H and O–H groups in total. The molecule has 26 heavy (non-hydrogen) atoms. The van der Waals surface area contributed by atoms with Crippen LogP contribution in [0.3, 0.4) is 0 Å². The van der Waals surface area contributed by atoms with Crippen LogP contribution < -0.4 is 0 Å². The third kappa shape index (κ3) is 4.24. The molecule has 0 saturated carbocycles. The normalized spacial score (nSPS) is 16.6. The maximum absolute atomic E-state index is 12.7. The molecule has 1 saturated heterocycles. The highest BCUT2D eigenvalue weighted by Crippen LogP contribution is 2.31. The van der Waals surface area contributed by atoms with Crippen LogP contribution in [0.15, 0.2) is 45.1 Å². The standard InChI is InChI=1S/C17H16BrNO5S2/c18-13-3-1-2-12(10-13)11-14(17(20)21)15-4-5-16(25-15)26(22,23)19-6-8-24-9-7-19/h1-5,10-11H,6-9H2,(H,20,21)/b14-11-.